The van der Waals surface area contributed by atoms with E-state index < -0.39 is 11.5 Å². The maximum atomic E-state index is 13.0. The summed E-state index contributed by atoms with van der Waals surface area (Å²) < 4.78 is 13.7. The molecule has 0 bridgehead atoms. The summed E-state index contributed by atoms with van der Waals surface area (Å²) >= 11 is 3.31. The van der Waals surface area contributed by atoms with Gasteiger partial charge in [0.15, 0.2) is 5.60 Å². The van der Waals surface area contributed by atoms with Gasteiger partial charge in [-0.05, 0) is 37.1 Å². The van der Waals surface area contributed by atoms with E-state index in [0.29, 0.717) is 23.9 Å². The van der Waals surface area contributed by atoms with E-state index in [9.17, 15) is 14.3 Å². The van der Waals surface area contributed by atoms with E-state index in [0.717, 1.165) is 12.1 Å². The Morgan fingerprint density at radius 3 is 2.95 bits per heavy atom. The van der Waals surface area contributed by atoms with Gasteiger partial charge in [0.05, 0.1) is 0 Å². The van der Waals surface area contributed by atoms with Gasteiger partial charge < -0.3 is 10.8 Å². The molecule has 1 fully saturated rings. The maximum absolute atomic E-state index is 13.0. The first-order valence-corrected chi connectivity index (χ1v) is 6.88. The molecule has 1 heterocycles. The molecule has 1 amide bonds. The largest absolute Gasteiger partial charge is 0.379 e. The van der Waals surface area contributed by atoms with Crippen LogP contribution in [0.15, 0.2) is 22.7 Å². The van der Waals surface area contributed by atoms with Crippen LogP contribution in [-0.4, -0.2) is 34.6 Å². The number of nitrogens with two attached hydrogens (primary N) is 1. The van der Waals surface area contributed by atoms with Crippen LogP contribution in [-0.2, 0) is 11.3 Å². The summed E-state index contributed by atoms with van der Waals surface area (Å²) in [5.74, 6) is -0.988. The lowest BCUT2D eigenvalue weighted by Gasteiger charge is -2.37. The minimum atomic E-state index is -1.45. The number of halogens is 2. The first-order valence-electron chi connectivity index (χ1n) is 6.09. The highest BCUT2D eigenvalue weighted by molar-refractivity contribution is 9.10. The number of primary amides is 1. The van der Waals surface area contributed by atoms with E-state index in [2.05, 4.69) is 15.9 Å². The van der Waals surface area contributed by atoms with Crippen molar-refractivity contribution in [1.29, 1.82) is 0 Å². The van der Waals surface area contributed by atoms with Crippen LogP contribution < -0.4 is 5.73 Å². The van der Waals surface area contributed by atoms with Crippen LogP contribution in [0.4, 0.5) is 4.39 Å². The molecule has 0 saturated carbocycles. The fraction of sp³-hybridized carbons (Fsp3) is 0.462. The van der Waals surface area contributed by atoms with Crippen LogP contribution in [0.5, 0.6) is 0 Å². The fourth-order valence-electron chi connectivity index (χ4n) is 2.35. The zero-order chi connectivity index (χ0) is 14.0. The van der Waals surface area contributed by atoms with Crippen LogP contribution in [0.25, 0.3) is 0 Å². The predicted octanol–water partition coefficient (Wildman–Crippen LogP) is 1.40. The van der Waals surface area contributed by atoms with Crippen molar-refractivity contribution in [2.75, 3.05) is 13.1 Å². The SMILES string of the molecule is NC(=O)[C@]1(O)CCCN(Cc2ccc(F)cc2Br)C1. The average Bonchev–Trinajstić information content (AvgIpc) is 2.33. The van der Waals surface area contributed by atoms with Gasteiger partial charge in [0.25, 0.3) is 5.91 Å². The number of hydrogen-bond donors (Lipinski definition) is 2. The lowest BCUT2D eigenvalue weighted by atomic mass is 9.92. The normalized spacial score (nSPS) is 24.4. The van der Waals surface area contributed by atoms with Crippen molar-refractivity contribution in [3.05, 3.63) is 34.1 Å². The smallest absolute Gasteiger partial charge is 0.250 e. The van der Waals surface area contributed by atoms with Gasteiger partial charge in [0.1, 0.15) is 5.82 Å². The minimum absolute atomic E-state index is 0.214. The molecular formula is C13H16BrFN2O2. The van der Waals surface area contributed by atoms with Crippen LogP contribution in [0.2, 0.25) is 0 Å². The predicted molar refractivity (Wildman–Crippen MR) is 72.8 cm³/mol. The molecule has 1 atom stereocenters. The van der Waals surface area contributed by atoms with Gasteiger partial charge in [0.2, 0.25) is 0 Å². The number of benzene rings is 1. The monoisotopic (exact) mass is 330 g/mol. The van der Waals surface area contributed by atoms with Crippen molar-refractivity contribution >= 4 is 21.8 Å². The summed E-state index contributed by atoms with van der Waals surface area (Å²) in [5.41, 5.74) is 4.69. The molecule has 19 heavy (non-hydrogen) atoms. The summed E-state index contributed by atoms with van der Waals surface area (Å²) in [4.78, 5) is 13.2. The van der Waals surface area contributed by atoms with E-state index in [-0.39, 0.29) is 12.4 Å². The standard InChI is InChI=1S/C13H16BrFN2O2/c14-11-6-10(15)3-2-9(11)7-17-5-1-4-13(19,8-17)12(16)18/h2-3,6,19H,1,4-5,7-8H2,(H2,16,18)/t13-/m0/s1. The van der Waals surface area contributed by atoms with E-state index in [1.165, 1.54) is 12.1 Å². The molecule has 0 spiro atoms. The Hall–Kier alpha value is -0.980. The van der Waals surface area contributed by atoms with Gasteiger partial charge >= 0.3 is 0 Å². The molecule has 0 aromatic heterocycles. The number of aliphatic hydroxyl groups is 1. The molecule has 1 aliphatic rings. The summed E-state index contributed by atoms with van der Waals surface area (Å²) in [5, 5.41) is 10.1. The number of carbonyl (C=O) groups excluding carboxylic acids is 1. The lowest BCUT2D eigenvalue weighted by molar-refractivity contribution is -0.142. The average molecular weight is 331 g/mol. The van der Waals surface area contributed by atoms with Crippen LogP contribution in [0.1, 0.15) is 18.4 Å². The highest BCUT2D eigenvalue weighted by Crippen LogP contribution is 2.25. The highest BCUT2D eigenvalue weighted by atomic mass is 79.9. The van der Waals surface area contributed by atoms with Crippen molar-refractivity contribution in [3.8, 4) is 0 Å². The molecular weight excluding hydrogens is 315 g/mol. The maximum Gasteiger partial charge on any atom is 0.250 e. The molecule has 0 unspecified atom stereocenters. The quantitative estimate of drug-likeness (QED) is 0.880. The molecule has 104 valence electrons. The molecule has 2 rings (SSSR count). The number of piperidine rings is 1. The Bertz CT molecular complexity index is 498. The fourth-order valence-corrected chi connectivity index (χ4v) is 2.83. The van der Waals surface area contributed by atoms with Crippen LogP contribution in [0, 0.1) is 5.82 Å². The number of nitrogens with zero attached hydrogens (tertiary/aromatic N) is 1. The first-order chi connectivity index (χ1) is 8.90. The Labute approximate surface area is 119 Å². The minimum Gasteiger partial charge on any atom is -0.379 e. The van der Waals surface area contributed by atoms with Crippen LogP contribution in [0.3, 0.4) is 0 Å². The van der Waals surface area contributed by atoms with Crippen LogP contribution >= 0.6 is 15.9 Å². The van der Waals surface area contributed by atoms with E-state index >= 15 is 0 Å². The van der Waals surface area contributed by atoms with Gasteiger partial charge in [-0.2, -0.15) is 0 Å². The molecule has 1 aromatic carbocycles. The van der Waals surface area contributed by atoms with Crippen molar-refractivity contribution in [3.63, 3.8) is 0 Å². The molecule has 1 aliphatic heterocycles. The molecule has 0 radical (unpaired) electrons. The lowest BCUT2D eigenvalue weighted by Crippen LogP contribution is -2.55. The van der Waals surface area contributed by atoms with Gasteiger partial charge in [-0.3, -0.25) is 9.69 Å². The second kappa shape index (κ2) is 5.56. The molecule has 6 heteroatoms. The third-order valence-corrected chi connectivity index (χ3v) is 4.16. The number of rotatable bonds is 3. The zero-order valence-electron chi connectivity index (χ0n) is 10.4. The summed E-state index contributed by atoms with van der Waals surface area (Å²) in [6, 6.07) is 4.49. The number of β-amino-alcohol motifs (C(OH)–C–C–N with tert-alkyl or cyclic N) is 1. The second-order valence-corrected chi connectivity index (χ2v) is 5.80. The molecule has 1 aromatic rings. The Morgan fingerprint density at radius 2 is 2.32 bits per heavy atom. The third kappa shape index (κ3) is 3.32. The van der Waals surface area contributed by atoms with E-state index in [4.69, 9.17) is 5.73 Å². The molecule has 0 aliphatic carbocycles. The van der Waals surface area contributed by atoms with E-state index in [1.807, 2.05) is 4.90 Å². The third-order valence-electron chi connectivity index (χ3n) is 3.42. The van der Waals surface area contributed by atoms with Crippen molar-refractivity contribution < 1.29 is 14.3 Å². The van der Waals surface area contributed by atoms with Gasteiger partial charge in [-0.25, -0.2) is 4.39 Å². The van der Waals surface area contributed by atoms with Gasteiger partial charge in [-0.1, -0.05) is 22.0 Å². The number of carbonyl (C=O) groups is 1. The summed E-state index contributed by atoms with van der Waals surface area (Å²) in [7, 11) is 0. The van der Waals surface area contributed by atoms with Crippen molar-refractivity contribution in [1.82, 2.24) is 4.90 Å². The summed E-state index contributed by atoms with van der Waals surface area (Å²) in [6.45, 7) is 1.53. The Kier molecular flexibility index (Phi) is 4.23. The van der Waals surface area contributed by atoms with Crippen molar-refractivity contribution in [2.24, 2.45) is 5.73 Å². The Morgan fingerprint density at radius 1 is 1.58 bits per heavy atom. The molecule has 4 nitrogen and oxygen atoms in total. The zero-order valence-corrected chi connectivity index (χ0v) is 12.0. The van der Waals surface area contributed by atoms with Gasteiger partial charge in [0, 0.05) is 17.6 Å². The number of likely N-dealkylation sites (tertiary alicyclic amines) is 1. The van der Waals surface area contributed by atoms with E-state index in [1.54, 1.807) is 6.07 Å². The molecule has 3 N–H and O–H groups in total. The first kappa shape index (κ1) is 14.4. The molecule has 1 saturated heterocycles. The number of hydrogen-bond acceptors (Lipinski definition) is 3. The van der Waals surface area contributed by atoms with Gasteiger partial charge in [-0.15, -0.1) is 0 Å². The number of amides is 1. The summed E-state index contributed by atoms with van der Waals surface area (Å²) in [6.07, 6.45) is 1.10. The van der Waals surface area contributed by atoms with Crippen molar-refractivity contribution in [2.45, 2.75) is 25.0 Å². The topological polar surface area (TPSA) is 66.6 Å². The highest BCUT2D eigenvalue weighted by Gasteiger charge is 2.38. The Balaban J connectivity index is 2.09. The second-order valence-electron chi connectivity index (χ2n) is 4.95.